The second kappa shape index (κ2) is 11.0. The van der Waals surface area contributed by atoms with Crippen LogP contribution in [-0.2, 0) is 6.42 Å². The Morgan fingerprint density at radius 2 is 1.96 bits per heavy atom. The van der Waals surface area contributed by atoms with Crippen LogP contribution in [0.1, 0.15) is 55.8 Å². The molecule has 0 aliphatic rings. The Morgan fingerprint density at radius 3 is 2.64 bits per heavy atom. The molecule has 0 atom stereocenters. The maximum Gasteiger partial charge on any atom is 0.188 e. The standard InChI is InChI=1S/C21H31N7/c1-3-4-5-6-13-25-21(24)26-14-7-8-19-18(15-22)20(23)28(27-19)17-11-9-16(2)10-12-17/h9-12H,3-8,13-14,23H2,1-2H3,(H3,24,25,26). The van der Waals surface area contributed by atoms with E-state index in [0.29, 0.717) is 36.0 Å². The van der Waals surface area contributed by atoms with E-state index >= 15 is 0 Å². The molecular formula is C21H31N7. The number of aliphatic imine (C=N–C) groups is 1. The summed E-state index contributed by atoms with van der Waals surface area (Å²) in [6, 6.07) is 10.1. The van der Waals surface area contributed by atoms with Crippen molar-refractivity contribution >= 4 is 11.8 Å². The Labute approximate surface area is 167 Å². The molecule has 0 radical (unpaired) electrons. The van der Waals surface area contributed by atoms with Crippen LogP contribution in [0.5, 0.6) is 0 Å². The molecule has 0 saturated carbocycles. The number of nitriles is 1. The lowest BCUT2D eigenvalue weighted by Gasteiger charge is -2.05. The first kappa shape index (κ1) is 21.3. The number of nitrogens with two attached hydrogens (primary N) is 2. The van der Waals surface area contributed by atoms with E-state index in [2.05, 4.69) is 28.4 Å². The number of aryl methyl sites for hydroxylation is 2. The van der Waals surface area contributed by atoms with Crippen molar-refractivity contribution in [3.05, 3.63) is 41.1 Å². The number of aromatic nitrogens is 2. The van der Waals surface area contributed by atoms with Gasteiger partial charge < -0.3 is 16.8 Å². The SMILES string of the molecule is CCCCCCNC(N)=NCCCc1nn(-c2ccc(C)cc2)c(N)c1C#N. The molecule has 7 heteroatoms. The van der Waals surface area contributed by atoms with E-state index in [4.69, 9.17) is 11.5 Å². The molecule has 0 aliphatic heterocycles. The summed E-state index contributed by atoms with van der Waals surface area (Å²) in [7, 11) is 0. The predicted octanol–water partition coefficient (Wildman–Crippen LogP) is 3.05. The van der Waals surface area contributed by atoms with Crippen LogP contribution in [0.3, 0.4) is 0 Å². The number of guanidine groups is 1. The molecule has 1 heterocycles. The minimum absolute atomic E-state index is 0.373. The maximum atomic E-state index is 9.47. The zero-order valence-corrected chi connectivity index (χ0v) is 16.9. The first-order chi connectivity index (χ1) is 13.6. The number of nitrogens with zero attached hydrogens (tertiary/aromatic N) is 4. The third kappa shape index (κ3) is 6.02. The molecular weight excluding hydrogens is 350 g/mol. The van der Waals surface area contributed by atoms with Crippen LogP contribution in [0, 0.1) is 18.3 Å². The number of nitrogens with one attached hydrogen (secondary N) is 1. The zero-order chi connectivity index (χ0) is 20.4. The van der Waals surface area contributed by atoms with Crippen LogP contribution in [-0.4, -0.2) is 28.8 Å². The van der Waals surface area contributed by atoms with Crippen LogP contribution < -0.4 is 16.8 Å². The van der Waals surface area contributed by atoms with Gasteiger partial charge in [0.05, 0.1) is 11.4 Å². The lowest BCUT2D eigenvalue weighted by molar-refractivity contribution is 0.651. The van der Waals surface area contributed by atoms with Gasteiger partial charge in [-0.2, -0.15) is 10.4 Å². The molecule has 0 bridgehead atoms. The lowest BCUT2D eigenvalue weighted by atomic mass is 10.1. The monoisotopic (exact) mass is 381 g/mol. The fraction of sp³-hybridized carbons (Fsp3) is 0.476. The molecule has 1 aromatic heterocycles. The molecule has 0 saturated heterocycles. The molecule has 0 unspecified atom stereocenters. The molecule has 0 spiro atoms. The van der Waals surface area contributed by atoms with Crippen LogP contribution in [0.25, 0.3) is 5.69 Å². The van der Waals surface area contributed by atoms with Crippen molar-refractivity contribution in [2.75, 3.05) is 18.8 Å². The van der Waals surface area contributed by atoms with E-state index < -0.39 is 0 Å². The van der Waals surface area contributed by atoms with Gasteiger partial charge in [-0.3, -0.25) is 4.99 Å². The number of anilines is 1. The summed E-state index contributed by atoms with van der Waals surface area (Å²) in [5, 5.41) is 17.2. The molecule has 2 aromatic rings. The summed E-state index contributed by atoms with van der Waals surface area (Å²) >= 11 is 0. The molecule has 0 aliphatic carbocycles. The average molecular weight is 382 g/mol. The number of hydrogen-bond acceptors (Lipinski definition) is 4. The van der Waals surface area contributed by atoms with E-state index in [1.165, 1.54) is 19.3 Å². The van der Waals surface area contributed by atoms with E-state index in [0.717, 1.165) is 30.6 Å². The zero-order valence-electron chi connectivity index (χ0n) is 16.9. The highest BCUT2D eigenvalue weighted by Crippen LogP contribution is 2.21. The molecule has 1 aromatic carbocycles. The Morgan fingerprint density at radius 1 is 1.21 bits per heavy atom. The predicted molar refractivity (Wildman–Crippen MR) is 114 cm³/mol. The van der Waals surface area contributed by atoms with E-state index in [-0.39, 0.29) is 0 Å². The summed E-state index contributed by atoms with van der Waals surface area (Å²) in [4.78, 5) is 4.34. The van der Waals surface area contributed by atoms with Crippen LogP contribution in [0.2, 0.25) is 0 Å². The number of benzene rings is 1. The van der Waals surface area contributed by atoms with Gasteiger partial charge in [-0.1, -0.05) is 43.9 Å². The topological polar surface area (TPSA) is 118 Å². The van der Waals surface area contributed by atoms with E-state index in [9.17, 15) is 5.26 Å². The first-order valence-corrected chi connectivity index (χ1v) is 9.95. The van der Waals surface area contributed by atoms with Crippen molar-refractivity contribution in [3.8, 4) is 11.8 Å². The minimum atomic E-state index is 0.373. The number of hydrogen-bond donors (Lipinski definition) is 3. The second-order valence-electron chi connectivity index (χ2n) is 6.92. The van der Waals surface area contributed by atoms with Gasteiger partial charge in [-0.15, -0.1) is 0 Å². The quantitative estimate of drug-likeness (QED) is 0.332. The Bertz CT molecular complexity index is 813. The number of nitrogen functional groups attached to an aromatic ring is 1. The smallest absolute Gasteiger partial charge is 0.188 e. The third-order valence-electron chi connectivity index (χ3n) is 4.57. The van der Waals surface area contributed by atoms with Gasteiger partial charge in [0.25, 0.3) is 0 Å². The summed E-state index contributed by atoms with van der Waals surface area (Å²) in [6.45, 7) is 5.65. The molecule has 7 nitrogen and oxygen atoms in total. The fourth-order valence-electron chi connectivity index (χ4n) is 2.93. The Hall–Kier alpha value is -3.01. The molecule has 2 rings (SSSR count). The van der Waals surface area contributed by atoms with Gasteiger partial charge in [0, 0.05) is 13.1 Å². The Balaban J connectivity index is 1.90. The van der Waals surface area contributed by atoms with Gasteiger partial charge in [0.1, 0.15) is 17.5 Å². The number of rotatable bonds is 10. The summed E-state index contributed by atoms with van der Waals surface area (Å²) in [5.74, 6) is 0.847. The number of unbranched alkanes of at least 4 members (excludes halogenated alkanes) is 3. The molecule has 28 heavy (non-hydrogen) atoms. The molecule has 0 fully saturated rings. The first-order valence-electron chi connectivity index (χ1n) is 9.95. The second-order valence-corrected chi connectivity index (χ2v) is 6.92. The average Bonchev–Trinajstić information content (AvgIpc) is 3.01. The highest BCUT2D eigenvalue weighted by atomic mass is 15.3. The van der Waals surface area contributed by atoms with Gasteiger partial charge >= 0.3 is 0 Å². The van der Waals surface area contributed by atoms with Gasteiger partial charge in [0.15, 0.2) is 5.96 Å². The van der Waals surface area contributed by atoms with Crippen molar-refractivity contribution in [1.82, 2.24) is 15.1 Å². The molecule has 150 valence electrons. The highest BCUT2D eigenvalue weighted by molar-refractivity contribution is 5.77. The minimum Gasteiger partial charge on any atom is -0.382 e. The third-order valence-corrected chi connectivity index (χ3v) is 4.57. The van der Waals surface area contributed by atoms with Crippen LogP contribution in [0.4, 0.5) is 5.82 Å². The molecule has 0 amide bonds. The maximum absolute atomic E-state index is 9.47. The van der Waals surface area contributed by atoms with Gasteiger partial charge in [0.2, 0.25) is 0 Å². The van der Waals surface area contributed by atoms with E-state index in [1.54, 1.807) is 4.68 Å². The fourth-order valence-corrected chi connectivity index (χ4v) is 2.93. The highest BCUT2D eigenvalue weighted by Gasteiger charge is 2.16. The van der Waals surface area contributed by atoms with Crippen molar-refractivity contribution < 1.29 is 0 Å². The Kier molecular flexibility index (Phi) is 8.35. The molecule has 5 N–H and O–H groups in total. The normalized spacial score (nSPS) is 11.4. The van der Waals surface area contributed by atoms with Crippen molar-refractivity contribution in [3.63, 3.8) is 0 Å². The summed E-state index contributed by atoms with van der Waals surface area (Å²) in [5.41, 5.74) is 15.2. The van der Waals surface area contributed by atoms with Crippen molar-refractivity contribution in [1.29, 1.82) is 5.26 Å². The van der Waals surface area contributed by atoms with Crippen LogP contribution >= 0.6 is 0 Å². The van der Waals surface area contributed by atoms with Crippen molar-refractivity contribution in [2.24, 2.45) is 10.7 Å². The largest absolute Gasteiger partial charge is 0.382 e. The van der Waals surface area contributed by atoms with Gasteiger partial charge in [-0.25, -0.2) is 4.68 Å². The van der Waals surface area contributed by atoms with Crippen LogP contribution in [0.15, 0.2) is 29.3 Å². The van der Waals surface area contributed by atoms with Gasteiger partial charge in [-0.05, 0) is 38.3 Å². The van der Waals surface area contributed by atoms with E-state index in [1.807, 2.05) is 31.2 Å². The lowest BCUT2D eigenvalue weighted by Crippen LogP contribution is -2.32. The van der Waals surface area contributed by atoms with Crippen molar-refractivity contribution in [2.45, 2.75) is 52.4 Å². The summed E-state index contributed by atoms with van der Waals surface area (Å²) < 4.78 is 1.63. The summed E-state index contributed by atoms with van der Waals surface area (Å²) in [6.07, 6.45) is 6.15.